The van der Waals surface area contributed by atoms with Crippen molar-refractivity contribution in [1.82, 2.24) is 4.98 Å². The van der Waals surface area contributed by atoms with Crippen LogP contribution in [-0.4, -0.2) is 29.4 Å². The molecule has 3 aromatic rings. The summed E-state index contributed by atoms with van der Waals surface area (Å²) in [7, 11) is 0. The first-order chi connectivity index (χ1) is 11.6. The van der Waals surface area contributed by atoms with Gasteiger partial charge in [-0.3, -0.25) is 4.99 Å². The molecule has 24 heavy (non-hydrogen) atoms. The van der Waals surface area contributed by atoms with Gasteiger partial charge in [0.05, 0.1) is 11.3 Å². The Bertz CT molecular complexity index is 864. The van der Waals surface area contributed by atoms with Gasteiger partial charge in [-0.05, 0) is 56.3 Å². The summed E-state index contributed by atoms with van der Waals surface area (Å²) in [6.45, 7) is 6.14. The molecule has 1 heterocycles. The van der Waals surface area contributed by atoms with Crippen molar-refractivity contribution >= 4 is 28.5 Å². The molecule has 0 saturated heterocycles. The summed E-state index contributed by atoms with van der Waals surface area (Å²) in [5.74, 6) is -0.362. The van der Waals surface area contributed by atoms with Gasteiger partial charge >= 0.3 is 0 Å². The molecular formula is C19H20FN3O. The first-order valence-corrected chi connectivity index (χ1v) is 8.01. The Balaban J connectivity index is 1.88. The zero-order valence-electron chi connectivity index (χ0n) is 13.8. The largest absolute Gasteiger partial charge is 0.494 e. The predicted molar refractivity (Wildman–Crippen MR) is 97.2 cm³/mol. The van der Waals surface area contributed by atoms with Crippen LogP contribution in [0.3, 0.4) is 0 Å². The average Bonchev–Trinajstić information content (AvgIpc) is 2.90. The number of aromatic amines is 1. The quantitative estimate of drug-likeness (QED) is 0.673. The van der Waals surface area contributed by atoms with E-state index in [1.165, 1.54) is 12.1 Å². The molecule has 0 bridgehead atoms. The molecule has 3 rings (SSSR count). The van der Waals surface area contributed by atoms with Gasteiger partial charge in [0.25, 0.3) is 0 Å². The van der Waals surface area contributed by atoms with Crippen molar-refractivity contribution in [3.8, 4) is 5.88 Å². The Morgan fingerprint density at radius 1 is 1.12 bits per heavy atom. The third-order valence-corrected chi connectivity index (χ3v) is 4.10. The monoisotopic (exact) mass is 325 g/mol. The van der Waals surface area contributed by atoms with Crippen molar-refractivity contribution in [2.75, 3.05) is 18.0 Å². The number of nitrogens with zero attached hydrogens (tertiary/aromatic N) is 2. The Labute approximate surface area is 140 Å². The molecule has 0 spiro atoms. The van der Waals surface area contributed by atoms with E-state index in [1.807, 2.05) is 24.3 Å². The van der Waals surface area contributed by atoms with Gasteiger partial charge < -0.3 is 15.0 Å². The van der Waals surface area contributed by atoms with Crippen LogP contribution in [0, 0.1) is 5.82 Å². The maximum absolute atomic E-state index is 13.4. The predicted octanol–water partition coefficient (Wildman–Crippen LogP) is 4.61. The minimum atomic E-state index is -0.347. The third-order valence-electron chi connectivity index (χ3n) is 4.10. The van der Waals surface area contributed by atoms with E-state index in [1.54, 1.807) is 12.3 Å². The molecule has 0 fully saturated rings. The van der Waals surface area contributed by atoms with Gasteiger partial charge in [-0.15, -0.1) is 0 Å². The number of halogens is 1. The molecule has 0 atom stereocenters. The highest BCUT2D eigenvalue weighted by Gasteiger charge is 2.09. The molecule has 0 amide bonds. The van der Waals surface area contributed by atoms with E-state index in [9.17, 15) is 9.50 Å². The number of benzene rings is 2. The molecule has 0 aliphatic carbocycles. The zero-order chi connectivity index (χ0) is 17.1. The topological polar surface area (TPSA) is 51.6 Å². The van der Waals surface area contributed by atoms with Crippen LogP contribution in [-0.2, 0) is 0 Å². The third kappa shape index (κ3) is 3.11. The average molecular weight is 325 g/mol. The van der Waals surface area contributed by atoms with Crippen molar-refractivity contribution in [1.29, 1.82) is 0 Å². The second-order valence-electron chi connectivity index (χ2n) is 5.52. The number of aliphatic imine (C=N–C) groups is 1. The second kappa shape index (κ2) is 6.74. The minimum Gasteiger partial charge on any atom is -0.494 e. The van der Waals surface area contributed by atoms with Gasteiger partial charge in [0.2, 0.25) is 0 Å². The Morgan fingerprint density at radius 3 is 2.50 bits per heavy atom. The number of anilines is 1. The number of aromatic nitrogens is 1. The zero-order valence-corrected chi connectivity index (χ0v) is 13.8. The Hall–Kier alpha value is -2.82. The molecular weight excluding hydrogens is 305 g/mol. The van der Waals surface area contributed by atoms with E-state index in [0.29, 0.717) is 16.5 Å². The Kier molecular flexibility index (Phi) is 4.51. The minimum absolute atomic E-state index is 0.0147. The van der Waals surface area contributed by atoms with Gasteiger partial charge in [0, 0.05) is 35.9 Å². The lowest BCUT2D eigenvalue weighted by Gasteiger charge is -2.20. The number of nitrogens with one attached hydrogen (secondary N) is 1. The summed E-state index contributed by atoms with van der Waals surface area (Å²) in [6.07, 6.45) is 1.56. The molecule has 2 N–H and O–H groups in total. The lowest BCUT2D eigenvalue weighted by atomic mass is 10.2. The second-order valence-corrected chi connectivity index (χ2v) is 5.52. The van der Waals surface area contributed by atoms with Crippen LogP contribution in [0.25, 0.3) is 10.9 Å². The number of aromatic hydroxyl groups is 1. The van der Waals surface area contributed by atoms with Crippen LogP contribution in [0.2, 0.25) is 0 Å². The Morgan fingerprint density at radius 2 is 1.83 bits per heavy atom. The molecule has 1 aromatic heterocycles. The van der Waals surface area contributed by atoms with Gasteiger partial charge in [0.15, 0.2) is 5.88 Å². The van der Waals surface area contributed by atoms with Crippen molar-refractivity contribution in [3.05, 3.63) is 53.8 Å². The summed E-state index contributed by atoms with van der Waals surface area (Å²) in [5, 5.41) is 10.6. The van der Waals surface area contributed by atoms with E-state index in [4.69, 9.17) is 0 Å². The van der Waals surface area contributed by atoms with Crippen LogP contribution in [0.4, 0.5) is 15.8 Å². The molecule has 0 radical (unpaired) electrons. The lowest BCUT2D eigenvalue weighted by Crippen LogP contribution is -2.21. The van der Waals surface area contributed by atoms with E-state index in [-0.39, 0.29) is 11.7 Å². The maximum atomic E-state index is 13.4. The van der Waals surface area contributed by atoms with Crippen LogP contribution >= 0.6 is 0 Å². The molecule has 0 aliphatic rings. The molecule has 0 saturated carbocycles. The molecule has 0 unspecified atom stereocenters. The standard InChI is InChI=1S/C19H20FN3O/c1-3-23(4-2)15-8-6-14(7-9-15)21-12-17-16-11-13(20)5-10-18(16)22-19(17)24/h5-12,22,24H,3-4H2,1-2H3. The number of H-pyrrole nitrogens is 1. The molecule has 4 nitrogen and oxygen atoms in total. The van der Waals surface area contributed by atoms with Gasteiger partial charge in [-0.1, -0.05) is 0 Å². The number of hydrogen-bond acceptors (Lipinski definition) is 3. The van der Waals surface area contributed by atoms with Crippen molar-refractivity contribution in [2.24, 2.45) is 4.99 Å². The molecule has 124 valence electrons. The summed E-state index contributed by atoms with van der Waals surface area (Å²) >= 11 is 0. The van der Waals surface area contributed by atoms with Crippen molar-refractivity contribution in [3.63, 3.8) is 0 Å². The molecule has 0 aliphatic heterocycles. The normalized spacial score (nSPS) is 11.5. The van der Waals surface area contributed by atoms with E-state index in [0.717, 1.165) is 24.5 Å². The summed E-state index contributed by atoms with van der Waals surface area (Å²) < 4.78 is 13.4. The van der Waals surface area contributed by atoms with Crippen LogP contribution < -0.4 is 4.90 Å². The first-order valence-electron chi connectivity index (χ1n) is 8.01. The highest BCUT2D eigenvalue weighted by atomic mass is 19.1. The fraction of sp³-hybridized carbons (Fsp3) is 0.211. The van der Waals surface area contributed by atoms with Crippen LogP contribution in [0.15, 0.2) is 47.5 Å². The fourth-order valence-corrected chi connectivity index (χ4v) is 2.78. The van der Waals surface area contributed by atoms with Gasteiger partial charge in [0.1, 0.15) is 5.82 Å². The summed E-state index contributed by atoms with van der Waals surface area (Å²) in [4.78, 5) is 9.47. The molecule has 2 aromatic carbocycles. The van der Waals surface area contributed by atoms with Crippen LogP contribution in [0.5, 0.6) is 5.88 Å². The highest BCUT2D eigenvalue weighted by molar-refractivity contribution is 6.02. The van der Waals surface area contributed by atoms with E-state index >= 15 is 0 Å². The first kappa shape index (κ1) is 16.1. The van der Waals surface area contributed by atoms with Crippen LogP contribution in [0.1, 0.15) is 19.4 Å². The highest BCUT2D eigenvalue weighted by Crippen LogP contribution is 2.27. The number of rotatable bonds is 5. The van der Waals surface area contributed by atoms with Gasteiger partial charge in [-0.25, -0.2) is 4.39 Å². The van der Waals surface area contributed by atoms with E-state index in [2.05, 4.69) is 28.7 Å². The molecule has 5 heteroatoms. The maximum Gasteiger partial charge on any atom is 0.198 e. The summed E-state index contributed by atoms with van der Waals surface area (Å²) in [6, 6.07) is 12.2. The smallest absolute Gasteiger partial charge is 0.198 e. The fourth-order valence-electron chi connectivity index (χ4n) is 2.78. The lowest BCUT2D eigenvalue weighted by molar-refractivity contribution is 0.457. The summed E-state index contributed by atoms with van der Waals surface area (Å²) in [5.41, 5.74) is 3.08. The van der Waals surface area contributed by atoms with E-state index < -0.39 is 0 Å². The van der Waals surface area contributed by atoms with Crippen molar-refractivity contribution in [2.45, 2.75) is 13.8 Å². The number of hydrogen-bond donors (Lipinski definition) is 2. The van der Waals surface area contributed by atoms with Gasteiger partial charge in [-0.2, -0.15) is 0 Å². The SMILES string of the molecule is CCN(CC)c1ccc(N=Cc2c(O)[nH]c3ccc(F)cc23)cc1. The number of fused-ring (bicyclic) bond motifs is 1. The van der Waals surface area contributed by atoms with Crippen molar-refractivity contribution < 1.29 is 9.50 Å².